The number of anilines is 1. The van der Waals surface area contributed by atoms with Crippen molar-refractivity contribution in [3.05, 3.63) is 47.8 Å². The Kier molecular flexibility index (Phi) is 8.72. The molecule has 27 heavy (non-hydrogen) atoms. The van der Waals surface area contributed by atoms with Crippen LogP contribution in [0.2, 0.25) is 0 Å². The Bertz CT molecular complexity index is 792. The third-order valence-electron chi connectivity index (χ3n) is 4.78. The van der Waals surface area contributed by atoms with Crippen LogP contribution < -0.4 is 4.72 Å². The standard InChI is InChI=1S/C21H31N3O2S/c1-3-4-5-6-7-8-9-10-13-19-14-11-15-20(18(19)2)27(25,26)24-21-22-16-12-17-23-21/h11-12,14-17H,3-10,13H2,1-2H3,(H,22,23,24). The Morgan fingerprint density at radius 3 is 2.19 bits per heavy atom. The van der Waals surface area contributed by atoms with Gasteiger partial charge in [0.1, 0.15) is 0 Å². The summed E-state index contributed by atoms with van der Waals surface area (Å²) >= 11 is 0. The minimum Gasteiger partial charge on any atom is -0.247 e. The molecule has 0 saturated carbocycles. The van der Waals surface area contributed by atoms with Gasteiger partial charge in [-0.2, -0.15) is 0 Å². The van der Waals surface area contributed by atoms with Crippen molar-refractivity contribution >= 4 is 16.0 Å². The number of nitrogens with zero attached hydrogens (tertiary/aromatic N) is 2. The summed E-state index contributed by atoms with van der Waals surface area (Å²) in [6, 6.07) is 7.12. The highest BCUT2D eigenvalue weighted by molar-refractivity contribution is 7.92. The summed E-state index contributed by atoms with van der Waals surface area (Å²) in [5, 5.41) is 0. The molecule has 0 fully saturated rings. The van der Waals surface area contributed by atoms with Crippen LogP contribution in [0, 0.1) is 6.92 Å². The maximum atomic E-state index is 12.7. The molecular formula is C21H31N3O2S. The van der Waals surface area contributed by atoms with E-state index < -0.39 is 10.0 Å². The van der Waals surface area contributed by atoms with Crippen LogP contribution >= 0.6 is 0 Å². The Morgan fingerprint density at radius 1 is 0.889 bits per heavy atom. The number of nitrogens with one attached hydrogen (secondary N) is 1. The summed E-state index contributed by atoms with van der Waals surface area (Å²) in [5.74, 6) is 0.0883. The fourth-order valence-corrected chi connectivity index (χ4v) is 4.45. The summed E-state index contributed by atoms with van der Waals surface area (Å²) in [5.41, 5.74) is 1.90. The van der Waals surface area contributed by atoms with E-state index in [2.05, 4.69) is 21.6 Å². The lowest BCUT2D eigenvalue weighted by Crippen LogP contribution is -2.16. The molecule has 0 spiro atoms. The highest BCUT2D eigenvalue weighted by Gasteiger charge is 2.19. The number of benzene rings is 1. The Labute approximate surface area is 163 Å². The third-order valence-corrected chi connectivity index (χ3v) is 6.25. The van der Waals surface area contributed by atoms with Gasteiger partial charge in [-0.3, -0.25) is 0 Å². The molecule has 0 amide bonds. The molecule has 0 unspecified atom stereocenters. The second-order valence-electron chi connectivity index (χ2n) is 6.94. The van der Waals surface area contributed by atoms with Gasteiger partial charge in [0.05, 0.1) is 4.90 Å². The van der Waals surface area contributed by atoms with E-state index in [1.807, 2.05) is 19.1 Å². The minimum absolute atomic E-state index is 0.0883. The van der Waals surface area contributed by atoms with Crippen molar-refractivity contribution in [1.82, 2.24) is 9.97 Å². The maximum Gasteiger partial charge on any atom is 0.264 e. The lowest BCUT2D eigenvalue weighted by molar-refractivity contribution is 0.575. The smallest absolute Gasteiger partial charge is 0.247 e. The fourth-order valence-electron chi connectivity index (χ4n) is 3.20. The fraction of sp³-hybridized carbons (Fsp3) is 0.524. The van der Waals surface area contributed by atoms with Crippen LogP contribution in [0.15, 0.2) is 41.6 Å². The lowest BCUT2D eigenvalue weighted by atomic mass is 10.0. The summed E-state index contributed by atoms with van der Waals surface area (Å²) in [6.45, 7) is 4.11. The Hall–Kier alpha value is -1.95. The van der Waals surface area contributed by atoms with Crippen LogP contribution in [0.1, 0.15) is 69.4 Å². The first-order valence-electron chi connectivity index (χ1n) is 9.93. The van der Waals surface area contributed by atoms with E-state index in [-0.39, 0.29) is 5.95 Å². The predicted molar refractivity (Wildman–Crippen MR) is 110 cm³/mol. The van der Waals surface area contributed by atoms with Gasteiger partial charge in [-0.1, -0.05) is 64.0 Å². The number of unbranched alkanes of at least 4 members (excludes halogenated alkanes) is 7. The second-order valence-corrected chi connectivity index (χ2v) is 8.59. The molecule has 2 rings (SSSR count). The van der Waals surface area contributed by atoms with E-state index >= 15 is 0 Å². The molecule has 148 valence electrons. The number of sulfonamides is 1. The summed E-state index contributed by atoms with van der Waals surface area (Å²) in [7, 11) is -3.69. The molecule has 0 aliphatic carbocycles. The number of aromatic nitrogens is 2. The van der Waals surface area contributed by atoms with E-state index in [0.29, 0.717) is 4.90 Å². The van der Waals surface area contributed by atoms with Crippen molar-refractivity contribution in [3.63, 3.8) is 0 Å². The molecule has 0 atom stereocenters. The second kappa shape index (κ2) is 11.0. The molecule has 0 bridgehead atoms. The van der Waals surface area contributed by atoms with Crippen LogP contribution in [0.25, 0.3) is 0 Å². The Balaban J connectivity index is 1.91. The average Bonchev–Trinajstić information content (AvgIpc) is 2.65. The molecule has 5 nitrogen and oxygen atoms in total. The molecule has 0 radical (unpaired) electrons. The first-order chi connectivity index (χ1) is 13.0. The molecule has 1 N–H and O–H groups in total. The number of hydrogen-bond acceptors (Lipinski definition) is 4. The highest BCUT2D eigenvalue weighted by atomic mass is 32.2. The normalized spacial score (nSPS) is 11.5. The summed E-state index contributed by atoms with van der Waals surface area (Å²) in [4.78, 5) is 8.17. The van der Waals surface area contributed by atoms with E-state index in [1.54, 1.807) is 12.1 Å². The van der Waals surface area contributed by atoms with E-state index in [0.717, 1.165) is 24.0 Å². The topological polar surface area (TPSA) is 72.0 Å². The number of hydrogen-bond donors (Lipinski definition) is 1. The van der Waals surface area contributed by atoms with Crippen molar-refractivity contribution in [3.8, 4) is 0 Å². The highest BCUT2D eigenvalue weighted by Crippen LogP contribution is 2.22. The molecule has 1 aromatic heterocycles. The largest absolute Gasteiger partial charge is 0.264 e. The van der Waals surface area contributed by atoms with Crippen LogP contribution in [0.5, 0.6) is 0 Å². The molecule has 0 saturated heterocycles. The van der Waals surface area contributed by atoms with Crippen LogP contribution in [0.3, 0.4) is 0 Å². The summed E-state index contributed by atoms with van der Waals surface area (Å²) < 4.78 is 27.8. The van der Waals surface area contributed by atoms with E-state index in [4.69, 9.17) is 0 Å². The van der Waals surface area contributed by atoms with Gasteiger partial charge in [-0.25, -0.2) is 23.1 Å². The van der Waals surface area contributed by atoms with Crippen LogP contribution in [-0.2, 0) is 16.4 Å². The minimum atomic E-state index is -3.69. The first kappa shape index (κ1) is 21.4. The molecular weight excluding hydrogens is 358 g/mol. The van der Waals surface area contributed by atoms with Gasteiger partial charge in [0.25, 0.3) is 10.0 Å². The first-order valence-corrected chi connectivity index (χ1v) is 11.4. The third kappa shape index (κ3) is 6.94. The van der Waals surface area contributed by atoms with Crippen molar-refractivity contribution in [2.24, 2.45) is 0 Å². The average molecular weight is 390 g/mol. The summed E-state index contributed by atoms with van der Waals surface area (Å²) in [6.07, 6.45) is 14.1. The molecule has 0 aliphatic rings. The van der Waals surface area contributed by atoms with Gasteiger partial charge in [0.2, 0.25) is 5.95 Å². The van der Waals surface area contributed by atoms with Gasteiger partial charge in [-0.05, 0) is 43.0 Å². The predicted octanol–water partition coefficient (Wildman–Crippen LogP) is 5.27. The van der Waals surface area contributed by atoms with Crippen LogP contribution in [-0.4, -0.2) is 18.4 Å². The van der Waals surface area contributed by atoms with Gasteiger partial charge in [0, 0.05) is 12.4 Å². The van der Waals surface area contributed by atoms with Gasteiger partial charge < -0.3 is 0 Å². The molecule has 1 aromatic carbocycles. The molecule has 1 heterocycles. The molecule has 6 heteroatoms. The van der Waals surface area contributed by atoms with Crippen molar-refractivity contribution < 1.29 is 8.42 Å². The molecule has 2 aromatic rings. The lowest BCUT2D eigenvalue weighted by Gasteiger charge is -2.12. The monoisotopic (exact) mass is 389 g/mol. The van der Waals surface area contributed by atoms with Gasteiger partial charge >= 0.3 is 0 Å². The zero-order valence-corrected chi connectivity index (χ0v) is 17.3. The zero-order chi connectivity index (χ0) is 19.5. The maximum absolute atomic E-state index is 12.7. The quantitative estimate of drug-likeness (QED) is 0.502. The van der Waals surface area contributed by atoms with E-state index in [1.165, 1.54) is 57.3 Å². The number of rotatable bonds is 12. The van der Waals surface area contributed by atoms with E-state index in [9.17, 15) is 8.42 Å². The van der Waals surface area contributed by atoms with Crippen molar-refractivity contribution in [1.29, 1.82) is 0 Å². The molecule has 0 aliphatic heterocycles. The van der Waals surface area contributed by atoms with Gasteiger partial charge in [-0.15, -0.1) is 0 Å². The van der Waals surface area contributed by atoms with Crippen molar-refractivity contribution in [2.75, 3.05) is 4.72 Å². The van der Waals surface area contributed by atoms with Crippen LogP contribution in [0.4, 0.5) is 5.95 Å². The van der Waals surface area contributed by atoms with Gasteiger partial charge in [0.15, 0.2) is 0 Å². The van der Waals surface area contributed by atoms with Crippen molar-refractivity contribution in [2.45, 2.75) is 76.5 Å². The SMILES string of the molecule is CCCCCCCCCCc1cccc(S(=O)(=O)Nc2ncccn2)c1C. The zero-order valence-electron chi connectivity index (χ0n) is 16.4. The Morgan fingerprint density at radius 2 is 1.52 bits per heavy atom. The number of aryl methyl sites for hydroxylation is 1.